The van der Waals surface area contributed by atoms with Gasteiger partial charge in [0.1, 0.15) is 24.4 Å². The number of ether oxygens (including phenoxy) is 3. The van der Waals surface area contributed by atoms with Gasteiger partial charge in [-0.25, -0.2) is 0 Å². The third kappa shape index (κ3) is 46.5. The molecule has 8 atom stereocenters. The third-order valence-corrected chi connectivity index (χ3v) is 15.5. The van der Waals surface area contributed by atoms with Crippen LogP contribution in [0.4, 0.5) is 0 Å². The van der Waals surface area contributed by atoms with E-state index in [-0.39, 0.29) is 19.4 Å². The summed E-state index contributed by atoms with van der Waals surface area (Å²) in [5.41, 5.74) is 0. The molecule has 1 amide bonds. The first-order chi connectivity index (χ1) is 40.7. The van der Waals surface area contributed by atoms with E-state index in [4.69, 9.17) is 14.2 Å². The third-order valence-electron chi connectivity index (χ3n) is 15.5. The van der Waals surface area contributed by atoms with E-state index in [2.05, 4.69) is 111 Å². The van der Waals surface area contributed by atoms with Crippen LogP contribution in [0.5, 0.6) is 0 Å². The molecule has 0 aromatic carbocycles. The van der Waals surface area contributed by atoms with E-state index in [0.29, 0.717) is 12.8 Å². The molecule has 1 aliphatic rings. The predicted octanol–water partition coefficient (Wildman–Crippen LogP) is 17.1. The summed E-state index contributed by atoms with van der Waals surface area (Å²) < 4.78 is 17.7. The highest BCUT2D eigenvalue weighted by atomic mass is 16.7. The van der Waals surface area contributed by atoms with E-state index in [9.17, 15) is 35.1 Å². The lowest BCUT2D eigenvalue weighted by Gasteiger charge is -2.41. The summed E-state index contributed by atoms with van der Waals surface area (Å²) in [5, 5.41) is 57.1. The summed E-state index contributed by atoms with van der Waals surface area (Å²) in [4.78, 5) is 26.6. The Kier molecular flexibility index (Phi) is 55.1. The molecule has 0 saturated carbocycles. The van der Waals surface area contributed by atoms with Crippen LogP contribution in [-0.2, 0) is 23.8 Å². The first kappa shape index (κ1) is 77.6. The Morgan fingerprint density at radius 2 is 0.867 bits per heavy atom. The highest BCUT2D eigenvalue weighted by Crippen LogP contribution is 2.26. The van der Waals surface area contributed by atoms with Crippen LogP contribution in [0.3, 0.4) is 0 Å². The normalized spacial score (nSPS) is 19.2. The topological polar surface area (TPSA) is 175 Å². The highest BCUT2D eigenvalue weighted by molar-refractivity contribution is 5.80. The van der Waals surface area contributed by atoms with Gasteiger partial charge in [-0.2, -0.15) is 0 Å². The zero-order chi connectivity index (χ0) is 60.3. The molecule has 0 aliphatic carbocycles. The van der Waals surface area contributed by atoms with Crippen molar-refractivity contribution in [2.24, 2.45) is 0 Å². The van der Waals surface area contributed by atoms with Crippen molar-refractivity contribution < 1.29 is 49.3 Å². The Morgan fingerprint density at radius 3 is 1.31 bits per heavy atom. The van der Waals surface area contributed by atoms with Crippen LogP contribution >= 0.6 is 0 Å². The van der Waals surface area contributed by atoms with Gasteiger partial charge in [0, 0.05) is 6.42 Å². The van der Waals surface area contributed by atoms with Crippen LogP contribution in [0.1, 0.15) is 284 Å². The monoisotopic (exact) mass is 1160 g/mol. The maximum atomic E-state index is 13.4. The molecule has 478 valence electrons. The Balaban J connectivity index is 2.62. The summed E-state index contributed by atoms with van der Waals surface area (Å²) in [7, 11) is 0. The lowest BCUT2D eigenvalue weighted by molar-refractivity contribution is -0.305. The molecule has 1 saturated heterocycles. The van der Waals surface area contributed by atoms with E-state index in [1.807, 2.05) is 6.08 Å². The average Bonchev–Trinajstić information content (AvgIpc) is 3.52. The van der Waals surface area contributed by atoms with Gasteiger partial charge in [-0.05, 0) is 103 Å². The molecule has 1 fully saturated rings. The first-order valence-electron chi connectivity index (χ1n) is 34.0. The van der Waals surface area contributed by atoms with E-state index in [1.54, 1.807) is 6.08 Å². The van der Waals surface area contributed by atoms with E-state index in [1.165, 1.54) is 135 Å². The number of aliphatic hydroxyl groups excluding tert-OH is 5. The van der Waals surface area contributed by atoms with Gasteiger partial charge in [0.05, 0.1) is 25.4 Å². The quantitative estimate of drug-likeness (QED) is 0.0195. The number of esters is 1. The number of amides is 1. The second-order valence-corrected chi connectivity index (χ2v) is 23.2. The molecule has 6 N–H and O–H groups in total. The Morgan fingerprint density at radius 1 is 0.482 bits per heavy atom. The standard InChI is InChI=1S/C72H125NO10/c1-4-7-10-13-16-19-22-24-26-28-30-32-34-35-37-39-41-44-47-50-53-56-59-65(76)71(80)73-63(64(75)58-55-52-49-46-43-21-18-15-12-9-6-3)62-81-72-70(69(79)68(78)66(61-74)82-72)83-67(77)60-57-54-51-48-45-42-40-38-36-33-31-29-27-25-23-20-17-14-11-8-5-2/h7,10,16,19,24-27,30,32,35,37,41,44,55,58,63-66,68-70,72,74-76,78-79H,4-6,8-9,11-15,17-18,20-23,28-29,31,33-34,36,38-40,42-43,45-54,56-57,59-62H2,1-3H3,(H,73,80)/b10-7-,19-16-,26-24-,27-25+,32-30-,37-35-,44-41-,58-55+. The van der Waals surface area contributed by atoms with Crippen molar-refractivity contribution in [3.63, 3.8) is 0 Å². The molecule has 83 heavy (non-hydrogen) atoms. The summed E-state index contributed by atoms with van der Waals surface area (Å²) in [6, 6.07) is -1.04. The summed E-state index contributed by atoms with van der Waals surface area (Å²) in [5.74, 6) is -1.22. The maximum absolute atomic E-state index is 13.4. The van der Waals surface area contributed by atoms with Gasteiger partial charge in [0.25, 0.3) is 0 Å². The van der Waals surface area contributed by atoms with Crippen LogP contribution in [0.2, 0.25) is 0 Å². The molecule has 0 spiro atoms. The van der Waals surface area contributed by atoms with Gasteiger partial charge in [0.2, 0.25) is 5.91 Å². The molecular formula is C72H125NO10. The number of carbonyl (C=O) groups excluding carboxylic acids is 2. The number of allylic oxidation sites excluding steroid dienone is 15. The van der Waals surface area contributed by atoms with E-state index < -0.39 is 67.4 Å². The number of hydrogen-bond donors (Lipinski definition) is 6. The minimum atomic E-state index is -1.62. The zero-order valence-corrected chi connectivity index (χ0v) is 53.0. The Bertz CT molecular complexity index is 1720. The molecule has 11 nitrogen and oxygen atoms in total. The molecule has 1 rings (SSSR count). The molecule has 11 heteroatoms. The Labute approximate surface area is 507 Å². The lowest BCUT2D eigenvalue weighted by Crippen LogP contribution is -2.61. The van der Waals surface area contributed by atoms with E-state index in [0.717, 1.165) is 103 Å². The summed E-state index contributed by atoms with van der Waals surface area (Å²) in [6.07, 6.45) is 68.7. The van der Waals surface area contributed by atoms with Crippen molar-refractivity contribution in [1.29, 1.82) is 0 Å². The van der Waals surface area contributed by atoms with Crippen molar-refractivity contribution in [3.05, 3.63) is 97.2 Å². The molecule has 1 heterocycles. The predicted molar refractivity (Wildman–Crippen MR) is 347 cm³/mol. The lowest BCUT2D eigenvalue weighted by atomic mass is 9.99. The zero-order valence-electron chi connectivity index (χ0n) is 53.0. The van der Waals surface area contributed by atoms with Gasteiger partial charge in [-0.1, -0.05) is 272 Å². The number of unbranched alkanes of at least 4 members (excludes halogenated alkanes) is 29. The van der Waals surface area contributed by atoms with Crippen LogP contribution in [0.25, 0.3) is 0 Å². The van der Waals surface area contributed by atoms with Crippen LogP contribution in [0.15, 0.2) is 97.2 Å². The van der Waals surface area contributed by atoms with Crippen molar-refractivity contribution in [2.75, 3.05) is 13.2 Å². The SMILES string of the molecule is CC/C=C\C/C=C\C/C=C\C/C=C\C/C=C\C/C=C\CCCCCC(O)C(=O)NC(COC1OC(CO)C(O)C(O)C1OC(=O)CCCCCCCCCCCCC/C=C/CCCCCCCC)C(O)/C=C/CCCCCCCCCCC. The second-order valence-electron chi connectivity index (χ2n) is 23.2. The second kappa shape index (κ2) is 58.9. The van der Waals surface area contributed by atoms with Gasteiger partial charge in [0.15, 0.2) is 12.4 Å². The average molecular weight is 1160 g/mol. The molecule has 8 unspecified atom stereocenters. The van der Waals surface area contributed by atoms with Gasteiger partial charge in [-0.3, -0.25) is 9.59 Å². The number of nitrogens with one attached hydrogen (secondary N) is 1. The fourth-order valence-corrected chi connectivity index (χ4v) is 10.1. The number of aliphatic hydroxyl groups is 5. The largest absolute Gasteiger partial charge is 0.454 e. The highest BCUT2D eigenvalue weighted by Gasteiger charge is 2.47. The molecule has 0 aromatic heterocycles. The number of hydrogen-bond acceptors (Lipinski definition) is 10. The number of rotatable bonds is 57. The summed E-state index contributed by atoms with van der Waals surface area (Å²) >= 11 is 0. The van der Waals surface area contributed by atoms with Crippen molar-refractivity contribution in [1.82, 2.24) is 5.32 Å². The van der Waals surface area contributed by atoms with Gasteiger partial charge >= 0.3 is 5.97 Å². The molecule has 0 aromatic rings. The summed E-state index contributed by atoms with van der Waals surface area (Å²) in [6.45, 7) is 5.66. The Hall–Kier alpha value is -3.42. The molecular weight excluding hydrogens is 1040 g/mol. The fourth-order valence-electron chi connectivity index (χ4n) is 10.1. The first-order valence-corrected chi connectivity index (χ1v) is 34.0. The van der Waals surface area contributed by atoms with Crippen molar-refractivity contribution >= 4 is 11.9 Å². The maximum Gasteiger partial charge on any atom is 0.306 e. The van der Waals surface area contributed by atoms with Crippen molar-refractivity contribution in [3.8, 4) is 0 Å². The van der Waals surface area contributed by atoms with Gasteiger partial charge < -0.3 is 45.1 Å². The van der Waals surface area contributed by atoms with Crippen molar-refractivity contribution in [2.45, 2.75) is 333 Å². The van der Waals surface area contributed by atoms with Crippen LogP contribution < -0.4 is 5.32 Å². The van der Waals surface area contributed by atoms with Crippen LogP contribution in [0, 0.1) is 0 Å². The fraction of sp³-hybridized carbons (Fsp3) is 0.750. The van der Waals surface area contributed by atoms with E-state index >= 15 is 0 Å². The minimum absolute atomic E-state index is 0.116. The molecule has 0 bridgehead atoms. The smallest absolute Gasteiger partial charge is 0.306 e. The minimum Gasteiger partial charge on any atom is -0.454 e. The number of carbonyl (C=O) groups is 2. The molecule has 1 aliphatic heterocycles. The molecule has 0 radical (unpaired) electrons. The van der Waals surface area contributed by atoms with Gasteiger partial charge in [-0.15, -0.1) is 0 Å². The van der Waals surface area contributed by atoms with Crippen LogP contribution in [-0.4, -0.2) is 99.6 Å².